The molecule has 18 heavy (non-hydrogen) atoms. The quantitative estimate of drug-likeness (QED) is 0.627. The van der Waals surface area contributed by atoms with Crippen molar-refractivity contribution in [1.82, 2.24) is 4.90 Å². The summed E-state index contributed by atoms with van der Waals surface area (Å²) in [5, 5.41) is 0. The van der Waals surface area contributed by atoms with Gasteiger partial charge in [0.2, 0.25) is 0 Å². The summed E-state index contributed by atoms with van der Waals surface area (Å²) in [6.07, 6.45) is 0. The third-order valence-corrected chi connectivity index (χ3v) is 2.91. The second-order valence-electron chi connectivity index (χ2n) is 4.48. The maximum Gasteiger partial charge on any atom is 0.195 e. The van der Waals surface area contributed by atoms with Gasteiger partial charge in [0.05, 0.1) is 18.9 Å². The summed E-state index contributed by atoms with van der Waals surface area (Å²) in [4.78, 5) is 8.47. The number of nitrogens with two attached hydrogens (primary N) is 1. The van der Waals surface area contributed by atoms with Gasteiger partial charge in [-0.05, 0) is 18.2 Å². The van der Waals surface area contributed by atoms with Crippen molar-refractivity contribution in [2.24, 2.45) is 10.7 Å². The molecule has 1 fully saturated rings. The van der Waals surface area contributed by atoms with Gasteiger partial charge in [0, 0.05) is 32.9 Å². The Morgan fingerprint density at radius 3 is 2.72 bits per heavy atom. The van der Waals surface area contributed by atoms with E-state index in [0.29, 0.717) is 5.96 Å². The maximum absolute atomic E-state index is 5.82. The average Bonchev–Trinajstić information content (AvgIpc) is 2.40. The first kappa shape index (κ1) is 12.7. The van der Waals surface area contributed by atoms with Crippen LogP contribution < -0.4 is 10.6 Å². The SMILES string of the molecule is CN(C)C(N)=Nc1cccc(N2CCOCC2)c1. The van der Waals surface area contributed by atoms with E-state index in [1.165, 1.54) is 5.69 Å². The van der Waals surface area contributed by atoms with Crippen molar-refractivity contribution in [3.8, 4) is 0 Å². The topological polar surface area (TPSA) is 54.1 Å². The van der Waals surface area contributed by atoms with Crippen molar-refractivity contribution < 1.29 is 4.74 Å². The van der Waals surface area contributed by atoms with Gasteiger partial charge in [0.25, 0.3) is 0 Å². The Kier molecular flexibility index (Phi) is 4.04. The Balaban J connectivity index is 2.16. The molecule has 0 bridgehead atoms. The molecule has 1 heterocycles. The standard InChI is InChI=1S/C13H20N4O/c1-16(2)13(14)15-11-4-3-5-12(10-11)17-6-8-18-9-7-17/h3-5,10H,6-9H2,1-2H3,(H2,14,15). The van der Waals surface area contributed by atoms with Crippen molar-refractivity contribution in [3.05, 3.63) is 24.3 Å². The smallest absolute Gasteiger partial charge is 0.195 e. The number of aliphatic imine (C=N–C) groups is 1. The van der Waals surface area contributed by atoms with Gasteiger partial charge >= 0.3 is 0 Å². The van der Waals surface area contributed by atoms with Gasteiger partial charge in [-0.25, -0.2) is 4.99 Å². The Morgan fingerprint density at radius 1 is 1.33 bits per heavy atom. The van der Waals surface area contributed by atoms with E-state index in [9.17, 15) is 0 Å². The number of nitrogens with zero attached hydrogens (tertiary/aromatic N) is 3. The maximum atomic E-state index is 5.82. The van der Waals surface area contributed by atoms with E-state index >= 15 is 0 Å². The molecule has 0 unspecified atom stereocenters. The van der Waals surface area contributed by atoms with Crippen LogP contribution in [0, 0.1) is 0 Å². The first-order chi connectivity index (χ1) is 8.66. The summed E-state index contributed by atoms with van der Waals surface area (Å²) in [5.41, 5.74) is 7.87. The van der Waals surface area contributed by atoms with Crippen LogP contribution in [-0.2, 0) is 4.74 Å². The number of guanidine groups is 1. The lowest BCUT2D eigenvalue weighted by Crippen LogP contribution is -2.36. The summed E-state index contributed by atoms with van der Waals surface area (Å²) in [6.45, 7) is 3.42. The Bertz CT molecular complexity index is 425. The Labute approximate surface area is 108 Å². The molecule has 2 N–H and O–H groups in total. The fraction of sp³-hybridized carbons (Fsp3) is 0.462. The largest absolute Gasteiger partial charge is 0.378 e. The predicted molar refractivity (Wildman–Crippen MR) is 74.4 cm³/mol. The van der Waals surface area contributed by atoms with Crippen molar-refractivity contribution in [2.75, 3.05) is 45.3 Å². The zero-order chi connectivity index (χ0) is 13.0. The van der Waals surface area contributed by atoms with Gasteiger partial charge in [-0.2, -0.15) is 0 Å². The van der Waals surface area contributed by atoms with E-state index in [2.05, 4.69) is 22.0 Å². The number of benzene rings is 1. The van der Waals surface area contributed by atoms with Gasteiger partial charge in [-0.15, -0.1) is 0 Å². The summed E-state index contributed by atoms with van der Waals surface area (Å²) in [7, 11) is 3.76. The molecule has 1 aliphatic heterocycles. The molecule has 0 atom stereocenters. The van der Waals surface area contributed by atoms with Crippen LogP contribution in [0.15, 0.2) is 29.3 Å². The highest BCUT2D eigenvalue weighted by Crippen LogP contribution is 2.22. The normalized spacial score (nSPS) is 16.8. The van der Waals surface area contributed by atoms with E-state index in [1.807, 2.05) is 26.2 Å². The van der Waals surface area contributed by atoms with Crippen molar-refractivity contribution in [3.63, 3.8) is 0 Å². The second-order valence-corrected chi connectivity index (χ2v) is 4.48. The van der Waals surface area contributed by atoms with Crippen LogP contribution in [0.4, 0.5) is 11.4 Å². The minimum absolute atomic E-state index is 0.508. The molecular formula is C13H20N4O. The van der Waals surface area contributed by atoms with Crippen LogP contribution in [0.25, 0.3) is 0 Å². The van der Waals surface area contributed by atoms with Crippen molar-refractivity contribution in [1.29, 1.82) is 0 Å². The average molecular weight is 248 g/mol. The van der Waals surface area contributed by atoms with Crippen LogP contribution in [0.3, 0.4) is 0 Å². The molecule has 98 valence electrons. The second kappa shape index (κ2) is 5.73. The Morgan fingerprint density at radius 2 is 2.06 bits per heavy atom. The molecule has 1 saturated heterocycles. The van der Waals surface area contributed by atoms with E-state index in [4.69, 9.17) is 10.5 Å². The monoisotopic (exact) mass is 248 g/mol. The molecule has 1 aromatic rings. The van der Waals surface area contributed by atoms with Crippen LogP contribution in [-0.4, -0.2) is 51.3 Å². The molecule has 2 rings (SSSR count). The van der Waals surface area contributed by atoms with E-state index in [1.54, 1.807) is 4.90 Å². The lowest BCUT2D eigenvalue weighted by atomic mass is 10.2. The first-order valence-electron chi connectivity index (χ1n) is 6.11. The Hall–Kier alpha value is -1.75. The zero-order valence-electron chi connectivity index (χ0n) is 11.0. The van der Waals surface area contributed by atoms with E-state index in [0.717, 1.165) is 32.0 Å². The number of hydrogen-bond acceptors (Lipinski definition) is 3. The summed E-state index contributed by atoms with van der Waals surface area (Å²) < 4.78 is 5.35. The number of anilines is 1. The summed E-state index contributed by atoms with van der Waals surface area (Å²) in [6, 6.07) is 8.12. The van der Waals surface area contributed by atoms with Crippen LogP contribution in [0.5, 0.6) is 0 Å². The lowest BCUT2D eigenvalue weighted by molar-refractivity contribution is 0.122. The van der Waals surface area contributed by atoms with Gasteiger partial charge in [-0.1, -0.05) is 6.07 Å². The lowest BCUT2D eigenvalue weighted by Gasteiger charge is -2.28. The predicted octanol–water partition coefficient (Wildman–Crippen LogP) is 1.03. The van der Waals surface area contributed by atoms with Gasteiger partial charge in [-0.3, -0.25) is 0 Å². The van der Waals surface area contributed by atoms with Crippen LogP contribution >= 0.6 is 0 Å². The molecule has 5 nitrogen and oxygen atoms in total. The van der Waals surface area contributed by atoms with Gasteiger partial charge in [0.15, 0.2) is 5.96 Å². The van der Waals surface area contributed by atoms with Crippen molar-refractivity contribution >= 4 is 17.3 Å². The molecule has 5 heteroatoms. The fourth-order valence-electron chi connectivity index (χ4n) is 1.81. The summed E-state index contributed by atoms with van der Waals surface area (Å²) in [5.74, 6) is 0.508. The number of morpholine rings is 1. The highest BCUT2D eigenvalue weighted by molar-refractivity contribution is 5.81. The zero-order valence-corrected chi connectivity index (χ0v) is 11.0. The third kappa shape index (κ3) is 3.13. The number of rotatable bonds is 2. The molecule has 0 aliphatic carbocycles. The molecule has 0 aromatic heterocycles. The van der Waals surface area contributed by atoms with Gasteiger partial charge < -0.3 is 20.3 Å². The molecule has 0 amide bonds. The van der Waals surface area contributed by atoms with E-state index < -0.39 is 0 Å². The molecule has 0 radical (unpaired) electrons. The van der Waals surface area contributed by atoms with E-state index in [-0.39, 0.29) is 0 Å². The molecule has 1 aliphatic rings. The first-order valence-corrected chi connectivity index (χ1v) is 6.11. The number of hydrogen-bond donors (Lipinski definition) is 1. The van der Waals surface area contributed by atoms with Crippen LogP contribution in [0.2, 0.25) is 0 Å². The van der Waals surface area contributed by atoms with Crippen molar-refractivity contribution in [2.45, 2.75) is 0 Å². The summed E-state index contributed by atoms with van der Waals surface area (Å²) >= 11 is 0. The molecule has 0 spiro atoms. The molecular weight excluding hydrogens is 228 g/mol. The molecule has 1 aromatic carbocycles. The minimum Gasteiger partial charge on any atom is -0.378 e. The highest BCUT2D eigenvalue weighted by atomic mass is 16.5. The molecule has 0 saturated carbocycles. The fourth-order valence-corrected chi connectivity index (χ4v) is 1.81. The highest BCUT2D eigenvalue weighted by Gasteiger charge is 2.11. The number of ether oxygens (including phenoxy) is 1. The van der Waals surface area contributed by atoms with Gasteiger partial charge in [0.1, 0.15) is 0 Å². The third-order valence-electron chi connectivity index (χ3n) is 2.91. The minimum atomic E-state index is 0.508. The van der Waals surface area contributed by atoms with Crippen LogP contribution in [0.1, 0.15) is 0 Å².